The number of hydrogen-bond donors (Lipinski definition) is 0. The van der Waals surface area contributed by atoms with Crippen molar-refractivity contribution in [3.05, 3.63) is 52.2 Å². The van der Waals surface area contributed by atoms with Crippen LogP contribution in [0.4, 0.5) is 0 Å². The van der Waals surface area contributed by atoms with Gasteiger partial charge < -0.3 is 4.74 Å². The zero-order valence-corrected chi connectivity index (χ0v) is 13.1. The van der Waals surface area contributed by atoms with Crippen LogP contribution in [0.5, 0.6) is 0 Å². The number of fused-ring (bicyclic) bond motifs is 1. The van der Waals surface area contributed by atoms with E-state index in [1.54, 1.807) is 33.9 Å². The second-order valence-electron chi connectivity index (χ2n) is 5.61. The minimum absolute atomic E-state index is 0.0925. The van der Waals surface area contributed by atoms with E-state index < -0.39 is 0 Å². The van der Waals surface area contributed by atoms with Crippen molar-refractivity contribution < 1.29 is 4.74 Å². The second kappa shape index (κ2) is 5.79. The monoisotopic (exact) mass is 330 g/mol. The highest BCUT2D eigenvalue weighted by Gasteiger charge is 2.18. The number of ether oxygens (including phenoxy) is 1. The molecule has 4 rings (SSSR count). The number of hydrogen-bond acceptors (Lipinski definition) is 4. The molecule has 0 N–H and O–H groups in total. The third-order valence-electron chi connectivity index (χ3n) is 4.03. The lowest BCUT2D eigenvalue weighted by atomic mass is 10.2. The molecular formula is C16H15ClN4O2. The van der Waals surface area contributed by atoms with Crippen LogP contribution in [0.3, 0.4) is 0 Å². The molecular weight excluding hydrogens is 316 g/mol. The van der Waals surface area contributed by atoms with E-state index in [4.69, 9.17) is 16.3 Å². The number of nitrogens with zero attached hydrogens (tertiary/aromatic N) is 4. The van der Waals surface area contributed by atoms with Gasteiger partial charge in [0, 0.05) is 11.6 Å². The maximum Gasteiger partial charge on any atom is 0.264 e. The van der Waals surface area contributed by atoms with Gasteiger partial charge in [-0.3, -0.25) is 9.36 Å². The molecule has 118 valence electrons. The van der Waals surface area contributed by atoms with E-state index in [1.807, 2.05) is 12.1 Å². The predicted octanol–water partition coefficient (Wildman–Crippen LogP) is 2.41. The van der Waals surface area contributed by atoms with E-state index in [1.165, 1.54) is 0 Å². The fourth-order valence-electron chi connectivity index (χ4n) is 2.88. The molecule has 7 heteroatoms. The average molecular weight is 331 g/mol. The van der Waals surface area contributed by atoms with Gasteiger partial charge in [-0.05, 0) is 31.0 Å². The molecule has 0 radical (unpaired) electrons. The van der Waals surface area contributed by atoms with Crippen LogP contribution in [0.1, 0.15) is 12.8 Å². The van der Waals surface area contributed by atoms with Gasteiger partial charge in [-0.15, -0.1) is 0 Å². The van der Waals surface area contributed by atoms with Crippen molar-refractivity contribution in [1.29, 1.82) is 0 Å². The normalized spacial score (nSPS) is 17.9. The molecule has 1 aliphatic rings. The molecule has 1 aromatic carbocycles. The summed E-state index contributed by atoms with van der Waals surface area (Å²) in [6.07, 6.45) is 5.23. The van der Waals surface area contributed by atoms with Gasteiger partial charge >= 0.3 is 0 Å². The highest BCUT2D eigenvalue weighted by atomic mass is 35.5. The first-order chi connectivity index (χ1) is 11.2. The zero-order chi connectivity index (χ0) is 15.8. The predicted molar refractivity (Wildman–Crippen MR) is 87.1 cm³/mol. The van der Waals surface area contributed by atoms with Crippen molar-refractivity contribution in [2.45, 2.75) is 25.5 Å². The molecule has 1 fully saturated rings. The summed E-state index contributed by atoms with van der Waals surface area (Å²) < 4.78 is 8.81. The molecule has 6 nitrogen and oxygen atoms in total. The first kappa shape index (κ1) is 14.4. The van der Waals surface area contributed by atoms with Crippen LogP contribution in [-0.4, -0.2) is 32.0 Å². The maximum atomic E-state index is 12.6. The van der Waals surface area contributed by atoms with Gasteiger partial charge in [0.05, 0.1) is 24.5 Å². The Morgan fingerprint density at radius 3 is 3.09 bits per heavy atom. The van der Waals surface area contributed by atoms with Crippen molar-refractivity contribution in [2.24, 2.45) is 0 Å². The lowest BCUT2D eigenvalue weighted by Gasteiger charge is -2.11. The Morgan fingerprint density at radius 2 is 2.30 bits per heavy atom. The van der Waals surface area contributed by atoms with Crippen LogP contribution in [0.15, 0.2) is 41.6 Å². The van der Waals surface area contributed by atoms with Crippen LogP contribution in [-0.2, 0) is 11.3 Å². The summed E-state index contributed by atoms with van der Waals surface area (Å²) in [6.45, 7) is 1.30. The highest BCUT2D eigenvalue weighted by molar-refractivity contribution is 6.30. The van der Waals surface area contributed by atoms with Gasteiger partial charge in [0.25, 0.3) is 5.56 Å². The Morgan fingerprint density at radius 1 is 1.39 bits per heavy atom. The molecule has 23 heavy (non-hydrogen) atoms. The summed E-state index contributed by atoms with van der Waals surface area (Å²) in [6, 6.07) is 7.29. The lowest BCUT2D eigenvalue weighted by Crippen LogP contribution is -2.26. The molecule has 1 atom stereocenters. The number of rotatable bonds is 3. The van der Waals surface area contributed by atoms with Crippen molar-refractivity contribution in [1.82, 2.24) is 19.3 Å². The molecule has 0 unspecified atom stereocenters. The van der Waals surface area contributed by atoms with E-state index in [9.17, 15) is 4.79 Å². The van der Waals surface area contributed by atoms with E-state index >= 15 is 0 Å². The topological polar surface area (TPSA) is 61.9 Å². The van der Waals surface area contributed by atoms with Gasteiger partial charge in [0.2, 0.25) is 0 Å². The SMILES string of the molecule is O=c1c2cnn(-c3cccc(Cl)c3)c2ncn1C[C@@H]1CCCO1. The summed E-state index contributed by atoms with van der Waals surface area (Å²) in [4.78, 5) is 17.0. The number of halogens is 1. The van der Waals surface area contributed by atoms with Crippen LogP contribution >= 0.6 is 11.6 Å². The van der Waals surface area contributed by atoms with Gasteiger partial charge in [-0.1, -0.05) is 17.7 Å². The summed E-state index contributed by atoms with van der Waals surface area (Å²) in [5.74, 6) is 0. The average Bonchev–Trinajstić information content (AvgIpc) is 3.20. The summed E-state index contributed by atoms with van der Waals surface area (Å²) in [7, 11) is 0. The summed E-state index contributed by atoms with van der Waals surface area (Å²) >= 11 is 6.02. The van der Waals surface area contributed by atoms with Crippen molar-refractivity contribution >= 4 is 22.6 Å². The molecule has 0 saturated carbocycles. The van der Waals surface area contributed by atoms with Gasteiger partial charge in [0.1, 0.15) is 11.7 Å². The quantitative estimate of drug-likeness (QED) is 0.740. The third kappa shape index (κ3) is 2.64. The maximum absolute atomic E-state index is 12.6. The smallest absolute Gasteiger partial charge is 0.264 e. The van der Waals surface area contributed by atoms with E-state index in [2.05, 4.69) is 10.1 Å². The molecule has 3 aromatic rings. The van der Waals surface area contributed by atoms with Crippen LogP contribution in [0.25, 0.3) is 16.7 Å². The van der Waals surface area contributed by atoms with Crippen LogP contribution < -0.4 is 5.56 Å². The Bertz CT molecular complexity index is 912. The zero-order valence-electron chi connectivity index (χ0n) is 12.4. The number of aromatic nitrogens is 4. The van der Waals surface area contributed by atoms with Crippen molar-refractivity contribution in [3.63, 3.8) is 0 Å². The first-order valence-electron chi connectivity index (χ1n) is 7.53. The molecule has 0 spiro atoms. The minimum Gasteiger partial charge on any atom is -0.376 e. The Kier molecular flexibility index (Phi) is 3.63. The molecule has 0 bridgehead atoms. The Labute approximate surface area is 137 Å². The number of benzene rings is 1. The van der Waals surface area contributed by atoms with Crippen LogP contribution in [0.2, 0.25) is 5.02 Å². The first-order valence-corrected chi connectivity index (χ1v) is 7.91. The minimum atomic E-state index is -0.0984. The van der Waals surface area contributed by atoms with E-state index in [0.717, 1.165) is 25.1 Å². The van der Waals surface area contributed by atoms with E-state index in [0.29, 0.717) is 22.6 Å². The third-order valence-corrected chi connectivity index (χ3v) is 4.27. The fraction of sp³-hybridized carbons (Fsp3) is 0.312. The standard InChI is InChI=1S/C16H15ClN4O2/c17-11-3-1-4-12(7-11)21-15-14(8-19-21)16(22)20(10-18-15)9-13-5-2-6-23-13/h1,3-4,7-8,10,13H,2,5-6,9H2/t13-/m0/s1. The fourth-order valence-corrected chi connectivity index (χ4v) is 3.07. The molecule has 0 amide bonds. The van der Waals surface area contributed by atoms with Crippen molar-refractivity contribution in [2.75, 3.05) is 6.61 Å². The van der Waals surface area contributed by atoms with Crippen LogP contribution in [0, 0.1) is 0 Å². The summed E-state index contributed by atoms with van der Waals surface area (Å²) in [5, 5.41) is 5.39. The Hall–Kier alpha value is -2.18. The van der Waals surface area contributed by atoms with Crippen molar-refractivity contribution in [3.8, 4) is 5.69 Å². The van der Waals surface area contributed by atoms with Gasteiger partial charge in [-0.25, -0.2) is 9.67 Å². The largest absolute Gasteiger partial charge is 0.376 e. The Balaban J connectivity index is 1.76. The molecule has 2 aromatic heterocycles. The summed E-state index contributed by atoms with van der Waals surface area (Å²) in [5.41, 5.74) is 1.20. The van der Waals surface area contributed by atoms with Gasteiger partial charge in [-0.2, -0.15) is 5.10 Å². The molecule has 1 saturated heterocycles. The highest BCUT2D eigenvalue weighted by Crippen LogP contribution is 2.18. The van der Waals surface area contributed by atoms with E-state index in [-0.39, 0.29) is 11.7 Å². The molecule has 3 heterocycles. The second-order valence-corrected chi connectivity index (χ2v) is 6.05. The lowest BCUT2D eigenvalue weighted by molar-refractivity contribution is 0.0960. The molecule has 0 aliphatic carbocycles. The molecule has 1 aliphatic heterocycles. The van der Waals surface area contributed by atoms with Gasteiger partial charge in [0.15, 0.2) is 5.65 Å².